The van der Waals surface area contributed by atoms with E-state index < -0.39 is 0 Å². The summed E-state index contributed by atoms with van der Waals surface area (Å²) in [4.78, 5) is 14.1. The summed E-state index contributed by atoms with van der Waals surface area (Å²) >= 11 is 0. The Morgan fingerprint density at radius 1 is 1.38 bits per heavy atom. The molecular weight excluding hydrogens is 200 g/mol. The van der Waals surface area contributed by atoms with E-state index in [0.717, 1.165) is 38.3 Å². The molecule has 1 heterocycles. The Balaban J connectivity index is 2.44. The van der Waals surface area contributed by atoms with Crippen LogP contribution in [0, 0.1) is 11.8 Å². The number of hydrogen-bond donors (Lipinski definition) is 1. The monoisotopic (exact) mass is 226 g/mol. The zero-order valence-electron chi connectivity index (χ0n) is 10.9. The van der Waals surface area contributed by atoms with Crippen molar-refractivity contribution in [1.29, 1.82) is 0 Å². The summed E-state index contributed by atoms with van der Waals surface area (Å²) in [5.74, 6) is 1.25. The standard InChI is InChI=1S/C13H26N2O/c1-4-10(3)12(14)13(16)15-8-6-11(5-2)7-9-15/h10-12H,4-9,14H2,1-3H3. The maximum absolute atomic E-state index is 12.1. The van der Waals surface area contributed by atoms with Gasteiger partial charge in [-0.05, 0) is 24.7 Å². The van der Waals surface area contributed by atoms with Gasteiger partial charge < -0.3 is 10.6 Å². The SMILES string of the molecule is CCC1CCN(C(=O)C(N)C(C)CC)CC1. The molecule has 1 amide bonds. The Bertz CT molecular complexity index is 222. The van der Waals surface area contributed by atoms with Crippen molar-refractivity contribution in [1.82, 2.24) is 4.90 Å². The van der Waals surface area contributed by atoms with Crippen LogP contribution in [0.15, 0.2) is 0 Å². The predicted molar refractivity (Wildman–Crippen MR) is 67.0 cm³/mol. The topological polar surface area (TPSA) is 46.3 Å². The molecule has 1 rings (SSSR count). The average Bonchev–Trinajstić information content (AvgIpc) is 2.36. The van der Waals surface area contributed by atoms with Crippen molar-refractivity contribution >= 4 is 5.91 Å². The van der Waals surface area contributed by atoms with Crippen LogP contribution in [0.25, 0.3) is 0 Å². The first-order chi connectivity index (χ1) is 7.60. The molecule has 3 heteroatoms. The van der Waals surface area contributed by atoms with E-state index in [4.69, 9.17) is 5.73 Å². The third kappa shape index (κ3) is 3.21. The highest BCUT2D eigenvalue weighted by atomic mass is 16.2. The van der Waals surface area contributed by atoms with Crippen molar-refractivity contribution in [3.05, 3.63) is 0 Å². The third-order valence-corrected chi connectivity index (χ3v) is 4.05. The Hall–Kier alpha value is -0.570. The molecule has 0 bridgehead atoms. The lowest BCUT2D eigenvalue weighted by Gasteiger charge is -2.34. The largest absolute Gasteiger partial charge is 0.341 e. The molecule has 3 nitrogen and oxygen atoms in total. The molecule has 2 N–H and O–H groups in total. The first-order valence-electron chi connectivity index (χ1n) is 6.64. The number of nitrogens with zero attached hydrogens (tertiary/aromatic N) is 1. The number of likely N-dealkylation sites (tertiary alicyclic amines) is 1. The zero-order chi connectivity index (χ0) is 12.1. The lowest BCUT2D eigenvalue weighted by molar-refractivity contribution is -0.135. The number of nitrogens with two attached hydrogens (primary N) is 1. The highest BCUT2D eigenvalue weighted by Crippen LogP contribution is 2.21. The van der Waals surface area contributed by atoms with E-state index in [9.17, 15) is 4.79 Å². The minimum absolute atomic E-state index is 0.156. The molecule has 94 valence electrons. The number of carbonyl (C=O) groups excluding carboxylic acids is 1. The number of amides is 1. The molecule has 0 radical (unpaired) electrons. The summed E-state index contributed by atoms with van der Waals surface area (Å²) in [6.07, 6.45) is 4.50. The van der Waals surface area contributed by atoms with E-state index in [0.29, 0.717) is 0 Å². The zero-order valence-corrected chi connectivity index (χ0v) is 10.9. The highest BCUT2D eigenvalue weighted by Gasteiger charge is 2.27. The molecule has 1 saturated heterocycles. The van der Waals surface area contributed by atoms with Crippen molar-refractivity contribution in [2.45, 2.75) is 52.5 Å². The van der Waals surface area contributed by atoms with Crippen molar-refractivity contribution < 1.29 is 4.79 Å². The molecule has 0 aromatic rings. The van der Waals surface area contributed by atoms with E-state index in [-0.39, 0.29) is 17.9 Å². The normalized spacial score (nSPS) is 21.9. The minimum atomic E-state index is -0.303. The summed E-state index contributed by atoms with van der Waals surface area (Å²) in [7, 11) is 0. The van der Waals surface area contributed by atoms with Crippen LogP contribution in [0.3, 0.4) is 0 Å². The second-order valence-electron chi connectivity index (χ2n) is 5.09. The van der Waals surface area contributed by atoms with Crippen LogP contribution in [0.5, 0.6) is 0 Å². The molecule has 1 fully saturated rings. The Kier molecular flexibility index (Phi) is 5.26. The molecule has 0 saturated carbocycles. The fraction of sp³-hybridized carbons (Fsp3) is 0.923. The predicted octanol–water partition coefficient (Wildman–Crippen LogP) is 2.01. The summed E-state index contributed by atoms with van der Waals surface area (Å²) in [5.41, 5.74) is 5.98. The molecule has 1 aliphatic heterocycles. The van der Waals surface area contributed by atoms with Gasteiger partial charge in [0.25, 0.3) is 0 Å². The number of carbonyl (C=O) groups is 1. The van der Waals surface area contributed by atoms with Gasteiger partial charge in [-0.25, -0.2) is 0 Å². The molecule has 0 spiro atoms. The molecule has 0 aromatic carbocycles. The van der Waals surface area contributed by atoms with Gasteiger partial charge in [0.1, 0.15) is 0 Å². The van der Waals surface area contributed by atoms with Gasteiger partial charge in [0.2, 0.25) is 5.91 Å². The van der Waals surface area contributed by atoms with Crippen molar-refractivity contribution in [3.63, 3.8) is 0 Å². The molecule has 2 unspecified atom stereocenters. The van der Waals surface area contributed by atoms with Gasteiger partial charge in [0, 0.05) is 13.1 Å². The Morgan fingerprint density at radius 3 is 2.38 bits per heavy atom. The summed E-state index contributed by atoms with van der Waals surface area (Å²) in [6.45, 7) is 8.18. The van der Waals surface area contributed by atoms with Gasteiger partial charge in [-0.1, -0.05) is 33.6 Å². The highest BCUT2D eigenvalue weighted by molar-refractivity contribution is 5.82. The van der Waals surface area contributed by atoms with Gasteiger partial charge in [-0.15, -0.1) is 0 Å². The number of rotatable bonds is 4. The maximum atomic E-state index is 12.1. The molecule has 2 atom stereocenters. The molecule has 1 aliphatic rings. The smallest absolute Gasteiger partial charge is 0.239 e. The average molecular weight is 226 g/mol. The number of hydrogen-bond acceptors (Lipinski definition) is 2. The van der Waals surface area contributed by atoms with Crippen LogP contribution in [0.4, 0.5) is 0 Å². The second-order valence-corrected chi connectivity index (χ2v) is 5.09. The molecule has 0 aliphatic carbocycles. The lowest BCUT2D eigenvalue weighted by Crippen LogP contribution is -2.49. The molecular formula is C13H26N2O. The van der Waals surface area contributed by atoms with Crippen LogP contribution >= 0.6 is 0 Å². The van der Waals surface area contributed by atoms with Crippen LogP contribution in [0.2, 0.25) is 0 Å². The Morgan fingerprint density at radius 2 is 1.94 bits per heavy atom. The minimum Gasteiger partial charge on any atom is -0.341 e. The van der Waals surface area contributed by atoms with Crippen LogP contribution < -0.4 is 5.73 Å². The van der Waals surface area contributed by atoms with Gasteiger partial charge in [-0.2, -0.15) is 0 Å². The fourth-order valence-corrected chi connectivity index (χ4v) is 2.27. The fourth-order valence-electron chi connectivity index (χ4n) is 2.27. The van der Waals surface area contributed by atoms with Gasteiger partial charge in [0.15, 0.2) is 0 Å². The first-order valence-corrected chi connectivity index (χ1v) is 6.64. The van der Waals surface area contributed by atoms with E-state index in [1.54, 1.807) is 0 Å². The van der Waals surface area contributed by atoms with E-state index in [1.807, 2.05) is 4.90 Å². The van der Waals surface area contributed by atoms with E-state index in [2.05, 4.69) is 20.8 Å². The lowest BCUT2D eigenvalue weighted by atomic mass is 9.92. The van der Waals surface area contributed by atoms with E-state index in [1.165, 1.54) is 6.42 Å². The number of piperidine rings is 1. The summed E-state index contributed by atoms with van der Waals surface area (Å²) in [5, 5.41) is 0. The van der Waals surface area contributed by atoms with Crippen molar-refractivity contribution in [2.24, 2.45) is 17.6 Å². The first kappa shape index (κ1) is 13.5. The van der Waals surface area contributed by atoms with Crippen LogP contribution in [-0.4, -0.2) is 29.9 Å². The van der Waals surface area contributed by atoms with Crippen molar-refractivity contribution in [3.8, 4) is 0 Å². The van der Waals surface area contributed by atoms with Crippen LogP contribution in [-0.2, 0) is 4.79 Å². The molecule has 0 aromatic heterocycles. The van der Waals surface area contributed by atoms with Gasteiger partial charge >= 0.3 is 0 Å². The van der Waals surface area contributed by atoms with Crippen LogP contribution in [0.1, 0.15) is 46.5 Å². The van der Waals surface area contributed by atoms with E-state index >= 15 is 0 Å². The summed E-state index contributed by atoms with van der Waals surface area (Å²) < 4.78 is 0. The maximum Gasteiger partial charge on any atom is 0.239 e. The third-order valence-electron chi connectivity index (χ3n) is 4.05. The molecule has 16 heavy (non-hydrogen) atoms. The second kappa shape index (κ2) is 6.24. The summed E-state index contributed by atoms with van der Waals surface area (Å²) in [6, 6.07) is -0.303. The van der Waals surface area contributed by atoms with Crippen molar-refractivity contribution in [2.75, 3.05) is 13.1 Å². The Labute approximate surface area is 99.4 Å². The van der Waals surface area contributed by atoms with Gasteiger partial charge in [0.05, 0.1) is 6.04 Å². The quantitative estimate of drug-likeness (QED) is 0.797. The van der Waals surface area contributed by atoms with Gasteiger partial charge in [-0.3, -0.25) is 4.79 Å².